The molecule has 1 saturated heterocycles. The highest BCUT2D eigenvalue weighted by Gasteiger charge is 2.55. The minimum absolute atomic E-state index is 0.0665. The van der Waals surface area contributed by atoms with E-state index in [0.717, 1.165) is 22.2 Å². The number of hydrogen-bond acceptors (Lipinski definition) is 10. The maximum atomic E-state index is 13.0. The second kappa shape index (κ2) is 9.23. The van der Waals surface area contributed by atoms with E-state index in [1.807, 2.05) is 28.7 Å². The Bertz CT molecular complexity index is 1460. The van der Waals surface area contributed by atoms with Crippen molar-refractivity contribution in [2.24, 2.45) is 12.2 Å². The van der Waals surface area contributed by atoms with Crippen molar-refractivity contribution in [3.8, 4) is 0 Å². The third kappa shape index (κ3) is 3.95. The third-order valence-corrected chi connectivity index (χ3v) is 7.92. The van der Waals surface area contributed by atoms with Crippen molar-refractivity contribution in [3.63, 3.8) is 0 Å². The summed E-state index contributed by atoms with van der Waals surface area (Å²) in [7, 11) is 3.14. The molecule has 13 nitrogen and oxygen atoms in total. The van der Waals surface area contributed by atoms with E-state index in [1.54, 1.807) is 17.8 Å². The first-order valence-electron chi connectivity index (χ1n) is 10.6. The highest BCUT2D eigenvalue weighted by Crippen LogP contribution is 2.40. The monoisotopic (exact) mass is 529 g/mol. The van der Waals surface area contributed by atoms with Gasteiger partial charge in [-0.1, -0.05) is 5.16 Å². The molecular formula is C21H21N8O5S2+. The predicted octanol–water partition coefficient (Wildman–Crippen LogP) is -0.311. The fraction of sp³-hybridized carbons (Fsp3) is 0.286. The summed E-state index contributed by atoms with van der Waals surface area (Å²) in [4.78, 5) is 52.3. The maximum Gasteiger partial charge on any atom is 0.352 e. The number of hydrogen-bond donors (Lipinski definition) is 3. The number of thiazole rings is 1. The number of pyridine rings is 1. The molecule has 5 heterocycles. The summed E-state index contributed by atoms with van der Waals surface area (Å²) in [5, 5.41) is 18.5. The van der Waals surface area contributed by atoms with Crippen LogP contribution in [0.15, 0.2) is 46.5 Å². The van der Waals surface area contributed by atoms with Crippen molar-refractivity contribution in [2.75, 3.05) is 18.6 Å². The Morgan fingerprint density at radius 2 is 2.25 bits per heavy atom. The van der Waals surface area contributed by atoms with Crippen LogP contribution >= 0.6 is 23.1 Å². The van der Waals surface area contributed by atoms with E-state index in [-0.39, 0.29) is 28.8 Å². The standard InChI is InChI=1S/C21H20N8O5S2/c1-27-13-5-23-4-3-10(13)6-28(27)7-11-8-35-19-15(18(31)29(19)16(11)20(32)33)25-17(30)14(26-34-2)12-9-36-21(22)24-12/h3-6,9,15,19H,7-8H2,1-2H3,(H3-,22,24,25,30,32,33)/p+1/b26-14-/t15-,19-/m1/s1. The van der Waals surface area contributed by atoms with Gasteiger partial charge in [-0.2, -0.15) is 4.68 Å². The van der Waals surface area contributed by atoms with Crippen molar-refractivity contribution in [1.29, 1.82) is 0 Å². The van der Waals surface area contributed by atoms with Crippen LogP contribution in [0.5, 0.6) is 0 Å². The van der Waals surface area contributed by atoms with Gasteiger partial charge in [0.1, 0.15) is 35.4 Å². The summed E-state index contributed by atoms with van der Waals surface area (Å²) in [5.74, 6) is -2.02. The van der Waals surface area contributed by atoms with Gasteiger partial charge in [0, 0.05) is 22.9 Å². The number of nitrogens with zero attached hydrogens (tertiary/aromatic N) is 6. The second-order valence-corrected chi connectivity index (χ2v) is 9.99. The molecule has 2 atom stereocenters. The van der Waals surface area contributed by atoms with Crippen LogP contribution in [-0.4, -0.2) is 72.4 Å². The molecule has 0 saturated carbocycles. The van der Waals surface area contributed by atoms with Crippen molar-refractivity contribution < 1.29 is 29.0 Å². The molecule has 15 heteroatoms. The van der Waals surface area contributed by atoms with Crippen LogP contribution in [0.25, 0.3) is 10.9 Å². The fourth-order valence-electron chi connectivity index (χ4n) is 4.22. The van der Waals surface area contributed by atoms with E-state index in [0.29, 0.717) is 11.3 Å². The number of anilines is 1. The zero-order valence-electron chi connectivity index (χ0n) is 19.1. The van der Waals surface area contributed by atoms with Crippen LogP contribution in [0, 0.1) is 0 Å². The van der Waals surface area contributed by atoms with Crippen molar-refractivity contribution >= 4 is 62.6 Å². The van der Waals surface area contributed by atoms with Crippen molar-refractivity contribution in [3.05, 3.63) is 47.0 Å². The van der Waals surface area contributed by atoms with Crippen molar-refractivity contribution in [1.82, 2.24) is 24.9 Å². The Balaban J connectivity index is 1.38. The number of nitrogen functional groups attached to an aromatic ring is 1. The van der Waals surface area contributed by atoms with Gasteiger partial charge < -0.3 is 21.0 Å². The minimum Gasteiger partial charge on any atom is -0.477 e. The maximum absolute atomic E-state index is 13.0. The zero-order chi connectivity index (χ0) is 25.6. The van der Waals surface area contributed by atoms with Gasteiger partial charge in [0.05, 0.1) is 18.6 Å². The lowest BCUT2D eigenvalue weighted by molar-refractivity contribution is -0.764. The van der Waals surface area contributed by atoms with Crippen LogP contribution < -0.4 is 15.7 Å². The summed E-state index contributed by atoms with van der Waals surface area (Å²) in [5.41, 5.74) is 7.16. The summed E-state index contributed by atoms with van der Waals surface area (Å²) >= 11 is 2.51. The molecule has 36 heavy (non-hydrogen) atoms. The number of β-lactam (4-membered cyclic amide) rings is 1. The van der Waals surface area contributed by atoms with Gasteiger partial charge in [-0.25, -0.2) is 9.78 Å². The number of fused-ring (bicyclic) bond motifs is 2. The Labute approximate surface area is 212 Å². The minimum atomic E-state index is -1.20. The first-order valence-corrected chi connectivity index (χ1v) is 12.6. The molecule has 0 aliphatic carbocycles. The number of carboxylic acids is 1. The molecule has 3 aromatic heterocycles. The lowest BCUT2D eigenvalue weighted by Crippen LogP contribution is -2.71. The van der Waals surface area contributed by atoms with Gasteiger partial charge in [-0.3, -0.25) is 19.5 Å². The quantitative estimate of drug-likeness (QED) is 0.161. The SMILES string of the molecule is CO/N=C(\C(=O)N[C@@H]1C(=O)N2C(C(=O)O)=C(C[n+]3cc4ccncc4n3C)CS[C@H]12)c1csc(N)n1. The Morgan fingerprint density at radius 3 is 2.92 bits per heavy atom. The number of carbonyl (C=O) groups excluding carboxylic acids is 2. The number of rotatable bonds is 7. The highest BCUT2D eigenvalue weighted by molar-refractivity contribution is 8.00. The van der Waals surface area contributed by atoms with E-state index in [2.05, 4.69) is 20.4 Å². The van der Waals surface area contributed by atoms with Gasteiger partial charge in [0.15, 0.2) is 17.4 Å². The summed E-state index contributed by atoms with van der Waals surface area (Å²) < 4.78 is 3.76. The number of aliphatic carboxylic acids is 1. The second-order valence-electron chi connectivity index (χ2n) is 8.00. The molecule has 3 aromatic rings. The number of amides is 2. The summed E-state index contributed by atoms with van der Waals surface area (Å²) in [6, 6.07) is 0.949. The topological polar surface area (TPSA) is 169 Å². The van der Waals surface area contributed by atoms with Crippen LogP contribution in [0.4, 0.5) is 5.13 Å². The van der Waals surface area contributed by atoms with E-state index >= 15 is 0 Å². The summed E-state index contributed by atoms with van der Waals surface area (Å²) in [6.07, 6.45) is 5.33. The van der Waals surface area contributed by atoms with Gasteiger partial charge in [0.25, 0.3) is 11.8 Å². The van der Waals surface area contributed by atoms with Gasteiger partial charge in [0.2, 0.25) is 6.20 Å². The molecule has 4 N–H and O–H groups in total. The number of nitrogens with two attached hydrogens (primary N) is 1. The molecule has 1 fully saturated rings. The third-order valence-electron chi connectivity index (χ3n) is 5.91. The average Bonchev–Trinajstić information content (AvgIpc) is 3.43. The van der Waals surface area contributed by atoms with Crippen LogP contribution in [0.1, 0.15) is 5.69 Å². The molecule has 0 unspecified atom stereocenters. The molecule has 5 rings (SSSR count). The average molecular weight is 530 g/mol. The number of carbonyl (C=O) groups is 3. The molecule has 2 aliphatic heterocycles. The largest absolute Gasteiger partial charge is 0.477 e. The number of carboxylic acid groups (broad SMARTS) is 1. The molecule has 186 valence electrons. The van der Waals surface area contributed by atoms with Gasteiger partial charge in [-0.05, 0) is 6.07 Å². The Morgan fingerprint density at radius 1 is 1.44 bits per heavy atom. The highest BCUT2D eigenvalue weighted by atomic mass is 32.2. The van der Waals surface area contributed by atoms with E-state index < -0.39 is 29.2 Å². The molecule has 0 radical (unpaired) electrons. The van der Waals surface area contributed by atoms with Crippen molar-refractivity contribution in [2.45, 2.75) is 18.0 Å². The normalized spacial score (nSPS) is 19.8. The molecule has 0 spiro atoms. The first-order chi connectivity index (χ1) is 17.3. The molecular weight excluding hydrogens is 508 g/mol. The zero-order valence-corrected chi connectivity index (χ0v) is 20.7. The first kappa shape index (κ1) is 23.7. The van der Waals surface area contributed by atoms with Gasteiger partial charge in [-0.15, -0.1) is 27.8 Å². The molecule has 0 aromatic carbocycles. The fourth-order valence-corrected chi connectivity index (χ4v) is 6.10. The summed E-state index contributed by atoms with van der Waals surface area (Å²) in [6.45, 7) is 0.281. The number of aryl methyl sites for hydroxylation is 1. The Kier molecular flexibility index (Phi) is 6.09. The van der Waals surface area contributed by atoms with Crippen LogP contribution in [0.3, 0.4) is 0 Å². The van der Waals surface area contributed by atoms with Crippen LogP contribution in [-0.2, 0) is 32.8 Å². The molecule has 0 bridgehead atoms. The lowest BCUT2D eigenvalue weighted by atomic mass is 10.0. The lowest BCUT2D eigenvalue weighted by Gasteiger charge is -2.49. The van der Waals surface area contributed by atoms with E-state index in [4.69, 9.17) is 10.6 Å². The smallest absolute Gasteiger partial charge is 0.352 e. The number of thioether (sulfide) groups is 1. The number of nitrogens with one attached hydrogen (secondary N) is 1. The van der Waals surface area contributed by atoms with Gasteiger partial charge >= 0.3 is 5.97 Å². The van der Waals surface area contributed by atoms with E-state index in [9.17, 15) is 19.5 Å². The predicted molar refractivity (Wildman–Crippen MR) is 131 cm³/mol. The van der Waals surface area contributed by atoms with Crippen LogP contribution in [0.2, 0.25) is 0 Å². The Hall–Kier alpha value is -3.98. The number of aromatic nitrogens is 4. The molecule has 2 aliphatic rings. The van der Waals surface area contributed by atoms with E-state index in [1.165, 1.54) is 23.8 Å². The number of oxime groups is 1. The molecule has 2 amide bonds.